The summed E-state index contributed by atoms with van der Waals surface area (Å²) in [5.74, 6) is -0.307. The predicted molar refractivity (Wildman–Crippen MR) is 98.7 cm³/mol. The van der Waals surface area contributed by atoms with Gasteiger partial charge in [-0.05, 0) is 5.92 Å². The molecular formula is C15H27Cl2N5O3. The zero-order valence-electron chi connectivity index (χ0n) is 14.5. The van der Waals surface area contributed by atoms with Crippen LogP contribution < -0.4 is 11.1 Å². The molecule has 0 bridgehead atoms. The second-order valence-corrected chi connectivity index (χ2v) is 6.14. The lowest BCUT2D eigenvalue weighted by Gasteiger charge is -2.34. The molecule has 2 heterocycles. The number of nitrogens with one attached hydrogen (secondary N) is 1. The highest BCUT2D eigenvalue weighted by Crippen LogP contribution is 2.07. The average Bonchev–Trinajstić information content (AvgIpc) is 3.05. The van der Waals surface area contributed by atoms with Gasteiger partial charge in [0.25, 0.3) is 0 Å². The molecule has 0 saturated carbocycles. The second-order valence-electron chi connectivity index (χ2n) is 6.14. The van der Waals surface area contributed by atoms with E-state index in [1.807, 2.05) is 19.9 Å². The van der Waals surface area contributed by atoms with Crippen molar-refractivity contribution >= 4 is 36.6 Å². The molecule has 1 aliphatic heterocycles. The third-order valence-corrected chi connectivity index (χ3v) is 4.04. The first-order valence-corrected chi connectivity index (χ1v) is 7.90. The SMILES string of the molecule is CC(C)[C@H](N)C(=O)NCC(=O)N1CCN(Cc2ccon2)CC1.Cl.Cl. The standard InChI is InChI=1S/C15H25N5O3.2ClH/c1-11(2)14(16)15(22)17-9-13(21)20-6-4-19(5-7-20)10-12-3-8-23-18-12;;/h3,8,11,14H,4-7,9-10,16H2,1-2H3,(H,17,22);2*1H/t14-;;/m0../s1. The smallest absolute Gasteiger partial charge is 0.242 e. The van der Waals surface area contributed by atoms with Crippen molar-refractivity contribution in [3.05, 3.63) is 18.0 Å². The first-order chi connectivity index (χ1) is 11.0. The van der Waals surface area contributed by atoms with Gasteiger partial charge in [-0.25, -0.2) is 0 Å². The van der Waals surface area contributed by atoms with Crippen molar-refractivity contribution < 1.29 is 14.1 Å². The van der Waals surface area contributed by atoms with Crippen LogP contribution in [-0.4, -0.2) is 65.5 Å². The average molecular weight is 396 g/mol. The summed E-state index contributed by atoms with van der Waals surface area (Å²) in [6.07, 6.45) is 1.56. The van der Waals surface area contributed by atoms with E-state index in [0.717, 1.165) is 25.3 Å². The van der Waals surface area contributed by atoms with Crippen LogP contribution >= 0.6 is 24.8 Å². The lowest BCUT2D eigenvalue weighted by molar-refractivity contribution is -0.134. The fourth-order valence-electron chi connectivity index (χ4n) is 2.40. The van der Waals surface area contributed by atoms with Crippen molar-refractivity contribution in [2.75, 3.05) is 32.7 Å². The number of rotatable bonds is 6. The molecule has 0 spiro atoms. The number of nitrogens with zero attached hydrogens (tertiary/aromatic N) is 3. The summed E-state index contributed by atoms with van der Waals surface area (Å²) in [5, 5.41) is 6.50. The molecule has 2 rings (SSSR count). The first kappa shape index (κ1) is 23.6. The van der Waals surface area contributed by atoms with E-state index >= 15 is 0 Å². The molecule has 1 aliphatic rings. The minimum atomic E-state index is -0.581. The number of carbonyl (C=O) groups is 2. The molecule has 1 atom stereocenters. The molecule has 25 heavy (non-hydrogen) atoms. The molecule has 2 amide bonds. The zero-order chi connectivity index (χ0) is 16.8. The molecule has 0 radical (unpaired) electrons. The molecule has 1 aromatic heterocycles. The Morgan fingerprint density at radius 3 is 2.44 bits per heavy atom. The monoisotopic (exact) mass is 395 g/mol. The van der Waals surface area contributed by atoms with Gasteiger partial charge in [0, 0.05) is 38.8 Å². The fraction of sp³-hybridized carbons (Fsp3) is 0.667. The lowest BCUT2D eigenvalue weighted by Crippen LogP contribution is -2.52. The molecule has 1 fully saturated rings. The van der Waals surface area contributed by atoms with Gasteiger partial charge in [0.1, 0.15) is 6.26 Å². The van der Waals surface area contributed by atoms with Gasteiger partial charge in [0.05, 0.1) is 18.3 Å². The van der Waals surface area contributed by atoms with E-state index in [1.54, 1.807) is 11.2 Å². The maximum Gasteiger partial charge on any atom is 0.242 e. The largest absolute Gasteiger partial charge is 0.364 e. The van der Waals surface area contributed by atoms with Crippen LogP contribution in [0.5, 0.6) is 0 Å². The fourth-order valence-corrected chi connectivity index (χ4v) is 2.40. The highest BCUT2D eigenvalue weighted by molar-refractivity contribution is 5.87. The van der Waals surface area contributed by atoms with Crippen LogP contribution in [0.2, 0.25) is 0 Å². The van der Waals surface area contributed by atoms with E-state index in [1.165, 1.54) is 0 Å². The van der Waals surface area contributed by atoms with E-state index in [4.69, 9.17) is 10.3 Å². The quantitative estimate of drug-likeness (QED) is 0.715. The minimum Gasteiger partial charge on any atom is -0.364 e. The second kappa shape index (κ2) is 11.3. The van der Waals surface area contributed by atoms with Crippen LogP contribution in [0.15, 0.2) is 16.9 Å². The molecule has 1 saturated heterocycles. The predicted octanol–water partition coefficient (Wildman–Crippen LogP) is 0.262. The molecule has 1 aromatic rings. The number of aromatic nitrogens is 1. The minimum absolute atomic E-state index is 0. The number of hydrogen-bond donors (Lipinski definition) is 2. The van der Waals surface area contributed by atoms with Gasteiger partial charge >= 0.3 is 0 Å². The summed E-state index contributed by atoms with van der Waals surface area (Å²) in [7, 11) is 0. The lowest BCUT2D eigenvalue weighted by atomic mass is 10.1. The Hall–Kier alpha value is -1.35. The van der Waals surface area contributed by atoms with Crippen LogP contribution in [0.3, 0.4) is 0 Å². The van der Waals surface area contributed by atoms with Crippen molar-refractivity contribution in [3.63, 3.8) is 0 Å². The summed E-state index contributed by atoms with van der Waals surface area (Å²) in [5.41, 5.74) is 6.64. The van der Waals surface area contributed by atoms with Gasteiger partial charge in [0.15, 0.2) is 0 Å². The van der Waals surface area contributed by atoms with E-state index in [-0.39, 0.29) is 49.1 Å². The van der Waals surface area contributed by atoms with Crippen molar-refractivity contribution in [2.45, 2.75) is 26.4 Å². The van der Waals surface area contributed by atoms with Crippen LogP contribution in [-0.2, 0) is 16.1 Å². The topological polar surface area (TPSA) is 105 Å². The zero-order valence-corrected chi connectivity index (χ0v) is 16.1. The number of amides is 2. The normalized spacial score (nSPS) is 15.9. The van der Waals surface area contributed by atoms with Crippen molar-refractivity contribution in [1.29, 1.82) is 0 Å². The Kier molecular flexibility index (Phi) is 10.7. The Balaban J connectivity index is 0.00000288. The van der Waals surface area contributed by atoms with Crippen LogP contribution in [0.4, 0.5) is 0 Å². The molecule has 0 unspecified atom stereocenters. The molecule has 8 nitrogen and oxygen atoms in total. The summed E-state index contributed by atoms with van der Waals surface area (Å²) in [6, 6.07) is 1.26. The summed E-state index contributed by atoms with van der Waals surface area (Å²) in [6.45, 7) is 7.31. The highest BCUT2D eigenvalue weighted by atomic mass is 35.5. The van der Waals surface area contributed by atoms with Crippen LogP contribution in [0.25, 0.3) is 0 Å². The number of nitrogens with two attached hydrogens (primary N) is 1. The third-order valence-electron chi connectivity index (χ3n) is 4.04. The van der Waals surface area contributed by atoms with E-state index in [0.29, 0.717) is 13.1 Å². The van der Waals surface area contributed by atoms with Gasteiger partial charge in [0.2, 0.25) is 11.8 Å². The molecule has 0 aliphatic carbocycles. The van der Waals surface area contributed by atoms with E-state index in [9.17, 15) is 9.59 Å². The molecule has 0 aromatic carbocycles. The van der Waals surface area contributed by atoms with Crippen LogP contribution in [0, 0.1) is 5.92 Å². The van der Waals surface area contributed by atoms with Crippen molar-refractivity contribution in [1.82, 2.24) is 20.3 Å². The molecule has 3 N–H and O–H groups in total. The number of piperazine rings is 1. The van der Waals surface area contributed by atoms with Gasteiger partial charge in [-0.3, -0.25) is 14.5 Å². The summed E-state index contributed by atoms with van der Waals surface area (Å²) < 4.78 is 4.81. The molecule has 10 heteroatoms. The van der Waals surface area contributed by atoms with Gasteiger partial charge in [-0.2, -0.15) is 0 Å². The van der Waals surface area contributed by atoms with Crippen molar-refractivity contribution in [3.8, 4) is 0 Å². The Bertz CT molecular complexity index is 519. The Labute approximate surface area is 160 Å². The Morgan fingerprint density at radius 1 is 1.28 bits per heavy atom. The van der Waals surface area contributed by atoms with Gasteiger partial charge in [-0.1, -0.05) is 19.0 Å². The third kappa shape index (κ3) is 7.19. The van der Waals surface area contributed by atoms with E-state index in [2.05, 4.69) is 15.4 Å². The summed E-state index contributed by atoms with van der Waals surface area (Å²) in [4.78, 5) is 27.9. The van der Waals surface area contributed by atoms with E-state index < -0.39 is 6.04 Å². The number of hydrogen-bond acceptors (Lipinski definition) is 6. The number of halogens is 2. The van der Waals surface area contributed by atoms with Crippen LogP contribution in [0.1, 0.15) is 19.5 Å². The number of carbonyl (C=O) groups excluding carboxylic acids is 2. The first-order valence-electron chi connectivity index (χ1n) is 7.90. The van der Waals surface area contributed by atoms with Gasteiger partial charge < -0.3 is 20.5 Å². The van der Waals surface area contributed by atoms with Crippen molar-refractivity contribution in [2.24, 2.45) is 11.7 Å². The summed E-state index contributed by atoms with van der Waals surface area (Å²) >= 11 is 0. The Morgan fingerprint density at radius 2 is 1.92 bits per heavy atom. The molecular weight excluding hydrogens is 369 g/mol. The maximum atomic E-state index is 12.1. The maximum absolute atomic E-state index is 12.1. The molecule has 144 valence electrons. The highest BCUT2D eigenvalue weighted by Gasteiger charge is 2.23. The van der Waals surface area contributed by atoms with Gasteiger partial charge in [-0.15, -0.1) is 24.8 Å².